The zero-order valence-electron chi connectivity index (χ0n) is 22.5. The van der Waals surface area contributed by atoms with Crippen LogP contribution in [0, 0.1) is 10.1 Å². The van der Waals surface area contributed by atoms with E-state index in [4.69, 9.17) is 30.5 Å². The molecule has 0 N–H and O–H groups in total. The summed E-state index contributed by atoms with van der Waals surface area (Å²) in [5, 5.41) is 19.2. The van der Waals surface area contributed by atoms with Gasteiger partial charge in [0.1, 0.15) is 28.6 Å². The monoisotopic (exact) mass is 589 g/mol. The lowest BCUT2D eigenvalue weighted by Gasteiger charge is -2.11. The highest BCUT2D eigenvalue weighted by Gasteiger charge is 2.17. The number of ether oxygens (including phenoxy) is 4. The summed E-state index contributed by atoms with van der Waals surface area (Å²) in [6.45, 7) is 4.66. The lowest BCUT2D eigenvalue weighted by molar-refractivity contribution is -0.384. The maximum atomic E-state index is 13.0. The molecular formula is C30H24ClN3O8. The summed E-state index contributed by atoms with van der Waals surface area (Å²) in [5.41, 5.74) is 0.559. The van der Waals surface area contributed by atoms with Crippen LogP contribution in [-0.2, 0) is 0 Å². The first kappa shape index (κ1) is 29.7. The van der Waals surface area contributed by atoms with Gasteiger partial charge in [-0.15, -0.1) is 10.2 Å². The lowest BCUT2D eigenvalue weighted by Crippen LogP contribution is -2.10. The van der Waals surface area contributed by atoms with Crippen molar-refractivity contribution >= 4 is 40.6 Å². The lowest BCUT2D eigenvalue weighted by atomic mass is 10.2. The van der Waals surface area contributed by atoms with Gasteiger partial charge in [0.2, 0.25) is 0 Å². The number of nitro groups is 1. The molecule has 0 fully saturated rings. The van der Waals surface area contributed by atoms with Gasteiger partial charge in [0.05, 0.1) is 34.3 Å². The Morgan fingerprint density at radius 2 is 1.21 bits per heavy atom. The number of hydrogen-bond donors (Lipinski definition) is 0. The molecule has 0 radical (unpaired) electrons. The Morgan fingerprint density at radius 3 is 1.74 bits per heavy atom. The van der Waals surface area contributed by atoms with Crippen LogP contribution >= 0.6 is 11.6 Å². The van der Waals surface area contributed by atoms with Crippen molar-refractivity contribution in [1.82, 2.24) is 0 Å². The molecule has 42 heavy (non-hydrogen) atoms. The molecule has 0 heterocycles. The van der Waals surface area contributed by atoms with Gasteiger partial charge in [-0.2, -0.15) is 0 Å². The Labute approximate surface area is 245 Å². The average Bonchev–Trinajstić information content (AvgIpc) is 2.98. The maximum absolute atomic E-state index is 13.0. The normalized spacial score (nSPS) is 10.7. The molecular weight excluding hydrogens is 566 g/mol. The smallest absolute Gasteiger partial charge is 0.343 e. The molecule has 12 heteroatoms. The van der Waals surface area contributed by atoms with Gasteiger partial charge in [-0.25, -0.2) is 9.59 Å². The minimum atomic E-state index is -0.710. The molecule has 0 aliphatic carbocycles. The van der Waals surface area contributed by atoms with Gasteiger partial charge in [-0.1, -0.05) is 11.6 Å². The van der Waals surface area contributed by atoms with E-state index in [9.17, 15) is 19.7 Å². The molecule has 4 aromatic rings. The first-order valence-electron chi connectivity index (χ1n) is 12.7. The average molecular weight is 590 g/mol. The summed E-state index contributed by atoms with van der Waals surface area (Å²) in [4.78, 5) is 36.1. The Balaban J connectivity index is 1.61. The predicted octanol–water partition coefficient (Wildman–Crippen LogP) is 7.90. The van der Waals surface area contributed by atoms with E-state index >= 15 is 0 Å². The van der Waals surface area contributed by atoms with Crippen molar-refractivity contribution in [2.24, 2.45) is 10.2 Å². The minimum absolute atomic E-state index is 0.00166. The number of carbonyl (C=O) groups is 2. The number of carbonyl (C=O) groups excluding carboxylic acids is 2. The quantitative estimate of drug-likeness (QED) is 0.0565. The first-order valence-corrected chi connectivity index (χ1v) is 13.0. The number of rotatable bonds is 11. The molecule has 4 aromatic carbocycles. The molecule has 0 bridgehead atoms. The van der Waals surface area contributed by atoms with E-state index in [-0.39, 0.29) is 44.7 Å². The van der Waals surface area contributed by atoms with Crippen molar-refractivity contribution in [2.75, 3.05) is 13.2 Å². The molecule has 4 rings (SSSR count). The van der Waals surface area contributed by atoms with E-state index in [0.29, 0.717) is 24.7 Å². The number of non-ortho nitro benzene ring substituents is 1. The molecule has 11 nitrogen and oxygen atoms in total. The highest BCUT2D eigenvalue weighted by atomic mass is 35.5. The van der Waals surface area contributed by atoms with E-state index in [1.54, 1.807) is 48.5 Å². The van der Waals surface area contributed by atoms with Crippen molar-refractivity contribution in [3.8, 4) is 23.0 Å². The second-order valence-electron chi connectivity index (χ2n) is 8.42. The van der Waals surface area contributed by atoms with Gasteiger partial charge in [0.15, 0.2) is 5.75 Å². The van der Waals surface area contributed by atoms with Crippen LogP contribution in [0.1, 0.15) is 34.6 Å². The summed E-state index contributed by atoms with van der Waals surface area (Å²) in [6.07, 6.45) is 0. The molecule has 0 atom stereocenters. The van der Waals surface area contributed by atoms with Gasteiger partial charge in [-0.3, -0.25) is 10.1 Å². The molecule has 0 saturated heterocycles. The van der Waals surface area contributed by atoms with E-state index in [1.165, 1.54) is 30.3 Å². The summed E-state index contributed by atoms with van der Waals surface area (Å²) in [7, 11) is 0. The molecule has 0 aromatic heterocycles. The maximum Gasteiger partial charge on any atom is 0.343 e. The van der Waals surface area contributed by atoms with Crippen LogP contribution in [0.25, 0.3) is 0 Å². The van der Waals surface area contributed by atoms with Crippen LogP contribution < -0.4 is 18.9 Å². The number of nitro benzene ring substituents is 1. The Bertz CT molecular complexity index is 1620. The topological polar surface area (TPSA) is 139 Å². The Kier molecular flexibility index (Phi) is 9.80. The van der Waals surface area contributed by atoms with Crippen LogP contribution in [0.4, 0.5) is 17.1 Å². The van der Waals surface area contributed by atoms with E-state index in [2.05, 4.69) is 10.2 Å². The van der Waals surface area contributed by atoms with Crippen molar-refractivity contribution < 1.29 is 33.5 Å². The van der Waals surface area contributed by atoms with Gasteiger partial charge in [0, 0.05) is 18.2 Å². The highest BCUT2D eigenvalue weighted by Crippen LogP contribution is 2.36. The second-order valence-corrected chi connectivity index (χ2v) is 8.82. The molecule has 0 amide bonds. The van der Waals surface area contributed by atoms with E-state index in [1.807, 2.05) is 13.8 Å². The molecule has 0 aliphatic rings. The fraction of sp³-hybridized carbons (Fsp3) is 0.133. The van der Waals surface area contributed by atoms with Crippen LogP contribution in [0.5, 0.6) is 23.0 Å². The van der Waals surface area contributed by atoms with Crippen molar-refractivity contribution in [2.45, 2.75) is 13.8 Å². The van der Waals surface area contributed by atoms with Crippen LogP contribution in [-0.4, -0.2) is 30.1 Å². The Morgan fingerprint density at radius 1 is 0.714 bits per heavy atom. The molecule has 0 spiro atoms. The summed E-state index contributed by atoms with van der Waals surface area (Å²) in [6, 6.07) is 20.7. The number of benzene rings is 4. The predicted molar refractivity (Wildman–Crippen MR) is 154 cm³/mol. The van der Waals surface area contributed by atoms with Crippen LogP contribution in [0.2, 0.25) is 5.02 Å². The van der Waals surface area contributed by atoms with Crippen molar-refractivity contribution in [3.63, 3.8) is 0 Å². The third-order valence-electron chi connectivity index (χ3n) is 5.55. The molecule has 0 saturated carbocycles. The highest BCUT2D eigenvalue weighted by molar-refractivity contribution is 6.33. The number of halogens is 1. The number of nitrogens with zero attached hydrogens (tertiary/aromatic N) is 3. The number of esters is 2. The minimum Gasteiger partial charge on any atom is -0.494 e. The van der Waals surface area contributed by atoms with Gasteiger partial charge in [0.25, 0.3) is 5.69 Å². The standard InChI is InChI=1S/C30H24ClN3O8/c1-3-39-22-10-5-19(6-11-22)29(35)41-24-14-16-27(33-32-26-15-9-21(34(37)38)17-25(26)31)28(18-24)42-30(36)20-7-12-23(13-8-20)40-4-2/h5-18H,3-4H2,1-2H3. The third kappa shape index (κ3) is 7.67. The van der Waals surface area contributed by atoms with Gasteiger partial charge < -0.3 is 18.9 Å². The van der Waals surface area contributed by atoms with Crippen LogP contribution in [0.3, 0.4) is 0 Å². The zero-order chi connectivity index (χ0) is 30.1. The first-order chi connectivity index (χ1) is 20.3. The molecule has 0 aliphatic heterocycles. The fourth-order valence-corrected chi connectivity index (χ4v) is 3.77. The summed E-state index contributed by atoms with van der Waals surface area (Å²) in [5.74, 6) is -0.137. The van der Waals surface area contributed by atoms with Crippen molar-refractivity contribution in [3.05, 3.63) is 111 Å². The largest absolute Gasteiger partial charge is 0.494 e. The zero-order valence-corrected chi connectivity index (χ0v) is 23.2. The second kappa shape index (κ2) is 13.9. The van der Waals surface area contributed by atoms with Gasteiger partial charge >= 0.3 is 11.9 Å². The van der Waals surface area contributed by atoms with E-state index < -0.39 is 16.9 Å². The number of hydrogen-bond acceptors (Lipinski definition) is 10. The number of azo groups is 1. The SMILES string of the molecule is CCOc1ccc(C(=O)Oc2ccc(N=Nc3ccc([N+](=O)[O-])cc3Cl)c(OC(=O)c3ccc(OCC)cc3)c2)cc1. The Hall–Kier alpha value is -5.29. The van der Waals surface area contributed by atoms with Crippen LogP contribution in [0.15, 0.2) is 95.2 Å². The third-order valence-corrected chi connectivity index (χ3v) is 5.86. The van der Waals surface area contributed by atoms with E-state index in [0.717, 1.165) is 6.07 Å². The van der Waals surface area contributed by atoms with Gasteiger partial charge in [-0.05, 0) is 80.6 Å². The summed E-state index contributed by atoms with van der Waals surface area (Å²) < 4.78 is 21.9. The van der Waals surface area contributed by atoms with Crippen molar-refractivity contribution in [1.29, 1.82) is 0 Å². The fourth-order valence-electron chi connectivity index (χ4n) is 3.55. The molecule has 214 valence electrons. The molecule has 0 unspecified atom stereocenters. The summed E-state index contributed by atoms with van der Waals surface area (Å²) >= 11 is 6.13.